The summed E-state index contributed by atoms with van der Waals surface area (Å²) in [6.07, 6.45) is 1.07. The lowest BCUT2D eigenvalue weighted by molar-refractivity contribution is -0.180. The Hall–Kier alpha value is -0.810. The molecule has 90 valence electrons. The predicted octanol–water partition coefficient (Wildman–Crippen LogP) is 1.89. The van der Waals surface area contributed by atoms with Crippen LogP contribution in [0.25, 0.3) is 0 Å². The van der Waals surface area contributed by atoms with E-state index in [0.717, 1.165) is 12.8 Å². The van der Waals surface area contributed by atoms with E-state index in [9.17, 15) is 9.59 Å². The predicted molar refractivity (Wildman–Crippen MR) is 61.9 cm³/mol. The van der Waals surface area contributed by atoms with Crippen molar-refractivity contribution in [2.75, 3.05) is 6.61 Å². The third-order valence-corrected chi connectivity index (χ3v) is 3.20. The van der Waals surface area contributed by atoms with Crippen molar-refractivity contribution in [1.82, 2.24) is 0 Å². The van der Waals surface area contributed by atoms with Crippen molar-refractivity contribution < 1.29 is 19.1 Å². The molecule has 0 saturated carbocycles. The van der Waals surface area contributed by atoms with Crippen molar-refractivity contribution in [2.45, 2.75) is 38.2 Å². The average molecular weight is 244 g/mol. The largest absolute Gasteiger partial charge is 0.431 e. The maximum Gasteiger partial charge on any atom is 0.335 e. The molecule has 0 aromatic heterocycles. The Morgan fingerprint density at radius 1 is 1.44 bits per heavy atom. The number of hydrogen-bond donors (Lipinski definition) is 0. The van der Waals surface area contributed by atoms with Gasteiger partial charge in [0.15, 0.2) is 5.12 Å². The molecular formula is C11H16O4S. The van der Waals surface area contributed by atoms with Crippen molar-refractivity contribution in [1.29, 1.82) is 0 Å². The van der Waals surface area contributed by atoms with Crippen molar-refractivity contribution in [3.63, 3.8) is 0 Å². The number of carbonyl (C=O) groups excluding carboxylic acids is 2. The fourth-order valence-corrected chi connectivity index (χ4v) is 2.33. The first kappa shape index (κ1) is 13.3. The second kappa shape index (κ2) is 6.06. The lowest BCUT2D eigenvalue weighted by Crippen LogP contribution is -2.36. The molecule has 16 heavy (non-hydrogen) atoms. The summed E-state index contributed by atoms with van der Waals surface area (Å²) in [5.41, 5.74) is 0.334. The van der Waals surface area contributed by atoms with Crippen LogP contribution in [-0.2, 0) is 19.1 Å². The van der Waals surface area contributed by atoms with Gasteiger partial charge in [0.2, 0.25) is 6.29 Å². The van der Waals surface area contributed by atoms with Gasteiger partial charge in [0, 0.05) is 12.5 Å². The van der Waals surface area contributed by atoms with Crippen LogP contribution in [0.15, 0.2) is 12.2 Å². The van der Waals surface area contributed by atoms with Crippen LogP contribution in [0, 0.1) is 0 Å². The van der Waals surface area contributed by atoms with Crippen LogP contribution in [0.5, 0.6) is 0 Å². The van der Waals surface area contributed by atoms with E-state index in [-0.39, 0.29) is 10.4 Å². The molecule has 2 atom stereocenters. The minimum atomic E-state index is -0.633. The molecule has 0 radical (unpaired) electrons. The van der Waals surface area contributed by atoms with Crippen LogP contribution in [0.3, 0.4) is 0 Å². The molecule has 1 rings (SSSR count). The molecule has 1 fully saturated rings. The van der Waals surface area contributed by atoms with Gasteiger partial charge in [0.05, 0.1) is 11.9 Å². The first-order valence-corrected chi connectivity index (χ1v) is 6.04. The zero-order valence-electron chi connectivity index (χ0n) is 9.52. The molecule has 4 nitrogen and oxygen atoms in total. The van der Waals surface area contributed by atoms with E-state index in [1.165, 1.54) is 18.7 Å². The maximum absolute atomic E-state index is 11.3. The summed E-state index contributed by atoms with van der Waals surface area (Å²) >= 11 is 1.17. The van der Waals surface area contributed by atoms with Crippen LogP contribution in [0.1, 0.15) is 26.7 Å². The number of thioether (sulfide) groups is 1. The van der Waals surface area contributed by atoms with Gasteiger partial charge in [-0.1, -0.05) is 18.3 Å². The first-order chi connectivity index (χ1) is 7.50. The van der Waals surface area contributed by atoms with E-state index < -0.39 is 12.3 Å². The normalized spacial score (nSPS) is 24.9. The summed E-state index contributed by atoms with van der Waals surface area (Å²) < 4.78 is 10.5. The summed E-state index contributed by atoms with van der Waals surface area (Å²) in [5.74, 6) is -0.471. The second-order valence-corrected chi connectivity index (χ2v) is 5.13. The molecule has 1 saturated heterocycles. The Bertz CT molecular complexity index is 300. The quantitative estimate of drug-likeness (QED) is 0.560. The molecule has 0 spiro atoms. The molecule has 0 aliphatic carbocycles. The monoisotopic (exact) mass is 244 g/mol. The minimum absolute atomic E-state index is 0.00636. The zero-order chi connectivity index (χ0) is 12.1. The maximum atomic E-state index is 11.3. The lowest BCUT2D eigenvalue weighted by atomic mass is 10.2. The molecule has 0 bridgehead atoms. The highest BCUT2D eigenvalue weighted by Crippen LogP contribution is 2.27. The smallest absolute Gasteiger partial charge is 0.335 e. The summed E-state index contributed by atoms with van der Waals surface area (Å²) in [7, 11) is 0. The Labute approximate surface area is 99.4 Å². The summed E-state index contributed by atoms with van der Waals surface area (Å²) in [4.78, 5) is 22.4. The lowest BCUT2D eigenvalue weighted by Gasteiger charge is -2.29. The van der Waals surface area contributed by atoms with E-state index in [1.807, 2.05) is 0 Å². The SMILES string of the molecule is C=C(C)C(=O)OC1OCCCC1SC(C)=O. The van der Waals surface area contributed by atoms with Gasteiger partial charge in [-0.2, -0.15) is 0 Å². The molecule has 0 amide bonds. The molecule has 0 aromatic rings. The Morgan fingerprint density at radius 3 is 2.69 bits per heavy atom. The first-order valence-electron chi connectivity index (χ1n) is 5.16. The number of rotatable bonds is 3. The molecule has 0 aromatic carbocycles. The van der Waals surface area contributed by atoms with Crippen LogP contribution in [-0.4, -0.2) is 29.2 Å². The van der Waals surface area contributed by atoms with E-state index in [4.69, 9.17) is 9.47 Å². The highest BCUT2D eigenvalue weighted by Gasteiger charge is 2.31. The van der Waals surface area contributed by atoms with Crippen molar-refractivity contribution in [2.24, 2.45) is 0 Å². The third kappa shape index (κ3) is 3.98. The van der Waals surface area contributed by atoms with Gasteiger partial charge < -0.3 is 9.47 Å². The number of ether oxygens (including phenoxy) is 2. The molecule has 1 aliphatic heterocycles. The summed E-state index contributed by atoms with van der Waals surface area (Å²) in [5, 5.41) is -0.0959. The Balaban J connectivity index is 2.56. The van der Waals surface area contributed by atoms with Gasteiger partial charge in [0.1, 0.15) is 0 Å². The molecular weight excluding hydrogens is 228 g/mol. The van der Waals surface area contributed by atoms with Crippen molar-refractivity contribution in [3.8, 4) is 0 Å². The number of carbonyl (C=O) groups is 2. The standard InChI is InChI=1S/C11H16O4S/c1-7(2)10(13)15-11-9(16-8(3)12)5-4-6-14-11/h9,11H,1,4-6H2,2-3H3. The van der Waals surface area contributed by atoms with Crippen LogP contribution in [0.4, 0.5) is 0 Å². The topological polar surface area (TPSA) is 52.6 Å². The molecule has 1 heterocycles. The van der Waals surface area contributed by atoms with Gasteiger partial charge in [-0.05, 0) is 19.8 Å². The van der Waals surface area contributed by atoms with Crippen molar-refractivity contribution in [3.05, 3.63) is 12.2 Å². The summed E-state index contributed by atoms with van der Waals surface area (Å²) in [6, 6.07) is 0. The van der Waals surface area contributed by atoms with Gasteiger partial charge in [-0.15, -0.1) is 0 Å². The van der Waals surface area contributed by atoms with Gasteiger partial charge in [-0.25, -0.2) is 4.79 Å². The number of esters is 1. The minimum Gasteiger partial charge on any atom is -0.431 e. The fourth-order valence-electron chi connectivity index (χ4n) is 1.37. The van der Waals surface area contributed by atoms with E-state index in [1.54, 1.807) is 6.92 Å². The zero-order valence-corrected chi connectivity index (χ0v) is 10.3. The van der Waals surface area contributed by atoms with Gasteiger partial charge in [0.25, 0.3) is 0 Å². The van der Waals surface area contributed by atoms with Gasteiger partial charge in [-0.3, -0.25) is 4.79 Å². The second-order valence-electron chi connectivity index (χ2n) is 3.71. The van der Waals surface area contributed by atoms with E-state index in [2.05, 4.69) is 6.58 Å². The van der Waals surface area contributed by atoms with Gasteiger partial charge >= 0.3 is 5.97 Å². The van der Waals surface area contributed by atoms with Crippen LogP contribution < -0.4 is 0 Å². The van der Waals surface area contributed by atoms with E-state index >= 15 is 0 Å². The average Bonchev–Trinajstić information content (AvgIpc) is 2.20. The molecule has 0 N–H and O–H groups in total. The molecule has 2 unspecified atom stereocenters. The Kier molecular flexibility index (Phi) is 5.02. The van der Waals surface area contributed by atoms with E-state index in [0.29, 0.717) is 12.2 Å². The van der Waals surface area contributed by atoms with Crippen LogP contribution >= 0.6 is 11.8 Å². The van der Waals surface area contributed by atoms with Crippen LogP contribution in [0.2, 0.25) is 0 Å². The highest BCUT2D eigenvalue weighted by atomic mass is 32.2. The molecule has 1 aliphatic rings. The van der Waals surface area contributed by atoms with Crippen molar-refractivity contribution >= 4 is 22.8 Å². The third-order valence-electron chi connectivity index (χ3n) is 2.11. The summed E-state index contributed by atoms with van der Waals surface area (Å²) in [6.45, 7) is 7.14. The highest BCUT2D eigenvalue weighted by molar-refractivity contribution is 8.14. The molecule has 5 heteroatoms. The number of hydrogen-bond acceptors (Lipinski definition) is 5. The Morgan fingerprint density at radius 2 is 2.12 bits per heavy atom. The fraction of sp³-hybridized carbons (Fsp3) is 0.636.